The molecule has 0 aromatic heterocycles. The molecule has 1 aliphatic carbocycles. The van der Waals surface area contributed by atoms with Crippen molar-refractivity contribution in [2.24, 2.45) is 0 Å². The smallest absolute Gasteiger partial charge is 0.0753 e. The molecule has 0 unspecified atom stereocenters. The zero-order valence-corrected chi connectivity index (χ0v) is 6.89. The van der Waals surface area contributed by atoms with Crippen LogP contribution in [0.1, 0.15) is 32.6 Å². The molecule has 0 heterocycles. The molecule has 0 aromatic carbocycles. The Morgan fingerprint density at radius 1 is 1.50 bits per heavy atom. The van der Waals surface area contributed by atoms with Gasteiger partial charge in [0, 0.05) is 7.11 Å². The average molecular weight is 140 g/mol. The van der Waals surface area contributed by atoms with Gasteiger partial charge in [-0.1, -0.05) is 6.08 Å². The summed E-state index contributed by atoms with van der Waals surface area (Å²) in [7, 11) is 1.78. The summed E-state index contributed by atoms with van der Waals surface area (Å²) in [5, 5.41) is 0. The van der Waals surface area contributed by atoms with Gasteiger partial charge >= 0.3 is 0 Å². The van der Waals surface area contributed by atoms with Gasteiger partial charge in [-0.05, 0) is 38.2 Å². The summed E-state index contributed by atoms with van der Waals surface area (Å²) < 4.78 is 5.22. The lowest BCUT2D eigenvalue weighted by Gasteiger charge is -2.17. The molecule has 1 atom stereocenters. The maximum absolute atomic E-state index is 5.22. The van der Waals surface area contributed by atoms with Crippen molar-refractivity contribution in [1.29, 1.82) is 0 Å². The van der Waals surface area contributed by atoms with Crippen molar-refractivity contribution in [2.75, 3.05) is 7.11 Å². The van der Waals surface area contributed by atoms with E-state index in [4.69, 9.17) is 4.74 Å². The zero-order valence-electron chi connectivity index (χ0n) is 6.89. The van der Waals surface area contributed by atoms with Crippen LogP contribution in [0.3, 0.4) is 0 Å². The van der Waals surface area contributed by atoms with Crippen LogP contribution in [0.25, 0.3) is 0 Å². The fraction of sp³-hybridized carbons (Fsp3) is 0.778. The Morgan fingerprint density at radius 2 is 2.30 bits per heavy atom. The van der Waals surface area contributed by atoms with Gasteiger partial charge in [0.1, 0.15) is 0 Å². The summed E-state index contributed by atoms with van der Waals surface area (Å²) in [6.07, 6.45) is 7.88. The van der Waals surface area contributed by atoms with Crippen LogP contribution < -0.4 is 0 Å². The highest BCUT2D eigenvalue weighted by molar-refractivity contribution is 5.09. The highest BCUT2D eigenvalue weighted by Gasteiger charge is 2.09. The van der Waals surface area contributed by atoms with Gasteiger partial charge in [0.25, 0.3) is 0 Å². The van der Waals surface area contributed by atoms with E-state index >= 15 is 0 Å². The van der Waals surface area contributed by atoms with Gasteiger partial charge in [-0.3, -0.25) is 0 Å². The summed E-state index contributed by atoms with van der Waals surface area (Å²) in [5.41, 5.74) is 1.49. The number of allylic oxidation sites excluding steroid dienone is 1. The first-order valence-corrected chi connectivity index (χ1v) is 4.06. The topological polar surface area (TPSA) is 9.23 Å². The van der Waals surface area contributed by atoms with Crippen LogP contribution >= 0.6 is 0 Å². The lowest BCUT2D eigenvalue weighted by molar-refractivity contribution is 0.142. The number of ether oxygens (including phenoxy) is 1. The molecule has 1 nitrogen and oxygen atoms in total. The van der Waals surface area contributed by atoms with Gasteiger partial charge in [-0.25, -0.2) is 0 Å². The molecular weight excluding hydrogens is 124 g/mol. The Bertz CT molecular complexity index is 127. The highest BCUT2D eigenvalue weighted by atomic mass is 16.5. The third kappa shape index (κ3) is 1.84. The van der Waals surface area contributed by atoms with E-state index in [9.17, 15) is 0 Å². The number of rotatable bonds is 2. The number of methoxy groups -OCH3 is 1. The molecule has 0 fully saturated rings. The van der Waals surface area contributed by atoms with Crippen molar-refractivity contribution in [3.05, 3.63) is 11.6 Å². The molecule has 0 saturated heterocycles. The van der Waals surface area contributed by atoms with Crippen LogP contribution in [0.2, 0.25) is 0 Å². The molecule has 0 bridgehead atoms. The average Bonchev–Trinajstić information content (AvgIpc) is 2.05. The molecule has 0 N–H and O–H groups in total. The number of hydrogen-bond donors (Lipinski definition) is 0. The van der Waals surface area contributed by atoms with E-state index in [1.807, 2.05) is 0 Å². The SMILES string of the molecule is CO[C@@H](C)C1=CCCCC1. The number of hydrogen-bond acceptors (Lipinski definition) is 1. The maximum atomic E-state index is 5.22. The van der Waals surface area contributed by atoms with Gasteiger partial charge in [-0.15, -0.1) is 0 Å². The third-order valence-corrected chi connectivity index (χ3v) is 2.20. The maximum Gasteiger partial charge on any atom is 0.0753 e. The molecule has 0 amide bonds. The van der Waals surface area contributed by atoms with Crippen molar-refractivity contribution >= 4 is 0 Å². The lowest BCUT2D eigenvalue weighted by Crippen LogP contribution is -2.10. The molecule has 1 rings (SSSR count). The monoisotopic (exact) mass is 140 g/mol. The highest BCUT2D eigenvalue weighted by Crippen LogP contribution is 2.21. The summed E-state index contributed by atoms with van der Waals surface area (Å²) in [4.78, 5) is 0. The Balaban J connectivity index is 2.44. The van der Waals surface area contributed by atoms with E-state index < -0.39 is 0 Å². The summed E-state index contributed by atoms with van der Waals surface area (Å²) in [5.74, 6) is 0. The molecular formula is C9H16O. The van der Waals surface area contributed by atoms with Crippen LogP contribution in [-0.4, -0.2) is 13.2 Å². The van der Waals surface area contributed by atoms with Crippen LogP contribution in [0.15, 0.2) is 11.6 Å². The second-order valence-electron chi connectivity index (χ2n) is 2.90. The van der Waals surface area contributed by atoms with Gasteiger partial charge < -0.3 is 4.74 Å². The van der Waals surface area contributed by atoms with E-state index in [-0.39, 0.29) is 0 Å². The van der Waals surface area contributed by atoms with Gasteiger partial charge in [0.05, 0.1) is 6.10 Å². The van der Waals surface area contributed by atoms with E-state index in [0.717, 1.165) is 0 Å². The minimum atomic E-state index is 0.347. The van der Waals surface area contributed by atoms with Crippen molar-refractivity contribution in [1.82, 2.24) is 0 Å². The van der Waals surface area contributed by atoms with Crippen LogP contribution in [0.4, 0.5) is 0 Å². The molecule has 0 aromatic rings. The summed E-state index contributed by atoms with van der Waals surface area (Å²) in [6, 6.07) is 0. The minimum Gasteiger partial charge on any atom is -0.377 e. The Morgan fingerprint density at radius 3 is 2.80 bits per heavy atom. The second kappa shape index (κ2) is 3.77. The van der Waals surface area contributed by atoms with Gasteiger partial charge in [-0.2, -0.15) is 0 Å². The fourth-order valence-corrected chi connectivity index (χ4v) is 1.38. The van der Waals surface area contributed by atoms with E-state index in [2.05, 4.69) is 13.0 Å². The normalized spacial score (nSPS) is 22.0. The predicted molar refractivity (Wildman–Crippen MR) is 43.0 cm³/mol. The lowest BCUT2D eigenvalue weighted by atomic mass is 9.96. The largest absolute Gasteiger partial charge is 0.377 e. The second-order valence-corrected chi connectivity index (χ2v) is 2.90. The summed E-state index contributed by atoms with van der Waals surface area (Å²) in [6.45, 7) is 2.12. The molecule has 58 valence electrons. The van der Waals surface area contributed by atoms with E-state index in [1.165, 1.54) is 31.3 Å². The van der Waals surface area contributed by atoms with Gasteiger partial charge in [0.15, 0.2) is 0 Å². The van der Waals surface area contributed by atoms with Crippen molar-refractivity contribution in [2.45, 2.75) is 38.7 Å². The van der Waals surface area contributed by atoms with Crippen LogP contribution in [0, 0.1) is 0 Å². The molecule has 0 saturated carbocycles. The van der Waals surface area contributed by atoms with E-state index in [1.54, 1.807) is 7.11 Å². The first kappa shape index (κ1) is 7.80. The summed E-state index contributed by atoms with van der Waals surface area (Å²) >= 11 is 0. The third-order valence-electron chi connectivity index (χ3n) is 2.20. The Hall–Kier alpha value is -0.300. The minimum absolute atomic E-state index is 0.347. The molecule has 0 spiro atoms. The Kier molecular flexibility index (Phi) is 2.94. The quantitative estimate of drug-likeness (QED) is 0.535. The molecule has 1 aliphatic rings. The van der Waals surface area contributed by atoms with Gasteiger partial charge in [0.2, 0.25) is 0 Å². The molecule has 0 aliphatic heterocycles. The van der Waals surface area contributed by atoms with Crippen molar-refractivity contribution in [3.63, 3.8) is 0 Å². The predicted octanol–water partition coefficient (Wildman–Crippen LogP) is 2.52. The molecule has 10 heavy (non-hydrogen) atoms. The first-order chi connectivity index (χ1) is 4.84. The molecule has 1 heteroatoms. The van der Waals surface area contributed by atoms with E-state index in [0.29, 0.717) is 6.10 Å². The standard InChI is InChI=1S/C9H16O/c1-8(10-2)9-6-4-3-5-7-9/h6,8H,3-5,7H2,1-2H3/t8-/m0/s1. The van der Waals surface area contributed by atoms with Crippen molar-refractivity contribution in [3.8, 4) is 0 Å². The fourth-order valence-electron chi connectivity index (χ4n) is 1.38. The zero-order chi connectivity index (χ0) is 7.40. The first-order valence-electron chi connectivity index (χ1n) is 4.06. The molecule has 0 radical (unpaired) electrons. The van der Waals surface area contributed by atoms with Crippen LogP contribution in [0.5, 0.6) is 0 Å². The van der Waals surface area contributed by atoms with Crippen molar-refractivity contribution < 1.29 is 4.74 Å². The Labute approximate surface area is 63.1 Å². The van der Waals surface area contributed by atoms with Crippen LogP contribution in [-0.2, 0) is 4.74 Å².